The average molecular weight is 361 g/mol. The van der Waals surface area contributed by atoms with Gasteiger partial charge in [0.25, 0.3) is 5.56 Å². The fourth-order valence-corrected chi connectivity index (χ4v) is 4.32. The number of rotatable bonds is 3. The highest BCUT2D eigenvalue weighted by Crippen LogP contribution is 2.34. The first-order chi connectivity index (χ1) is 11.2. The van der Waals surface area contributed by atoms with E-state index < -0.39 is 0 Å². The van der Waals surface area contributed by atoms with Gasteiger partial charge in [-0.1, -0.05) is 0 Å². The summed E-state index contributed by atoms with van der Waals surface area (Å²) in [5.41, 5.74) is 0.391. The molecular weight excluding hydrogens is 342 g/mol. The van der Waals surface area contributed by atoms with E-state index in [1.807, 2.05) is 45.2 Å². The van der Waals surface area contributed by atoms with Crippen LogP contribution in [0.5, 0.6) is 0 Å². The Bertz CT molecular complexity index is 960. The van der Waals surface area contributed by atoms with Gasteiger partial charge in [-0.25, -0.2) is 4.98 Å². The Morgan fingerprint density at radius 1 is 1.33 bits per heavy atom. The molecule has 0 aliphatic carbocycles. The first kappa shape index (κ1) is 16.9. The van der Waals surface area contributed by atoms with E-state index >= 15 is 0 Å². The van der Waals surface area contributed by atoms with Crippen LogP contribution in [0.2, 0.25) is 0 Å². The molecule has 0 spiro atoms. The van der Waals surface area contributed by atoms with Gasteiger partial charge in [0.1, 0.15) is 11.4 Å². The Labute approximate surface area is 148 Å². The van der Waals surface area contributed by atoms with Crippen LogP contribution in [-0.2, 0) is 11.3 Å². The highest BCUT2D eigenvalue weighted by atomic mass is 32.1. The van der Waals surface area contributed by atoms with Gasteiger partial charge in [-0.05, 0) is 39.8 Å². The highest BCUT2D eigenvalue weighted by Gasteiger charge is 2.18. The molecule has 0 fully saturated rings. The third-order valence-electron chi connectivity index (χ3n) is 3.39. The van der Waals surface area contributed by atoms with Crippen LogP contribution in [0.3, 0.4) is 0 Å². The summed E-state index contributed by atoms with van der Waals surface area (Å²) < 4.78 is 1.38. The van der Waals surface area contributed by atoms with Crippen molar-refractivity contribution in [2.45, 2.75) is 39.8 Å². The van der Waals surface area contributed by atoms with Gasteiger partial charge in [0.2, 0.25) is 5.91 Å². The van der Waals surface area contributed by atoms with Gasteiger partial charge < -0.3 is 5.32 Å². The summed E-state index contributed by atoms with van der Waals surface area (Å²) in [6.45, 7) is 7.73. The minimum Gasteiger partial charge on any atom is -0.350 e. The number of carbonyl (C=O) groups is 1. The van der Waals surface area contributed by atoms with Gasteiger partial charge in [0, 0.05) is 26.2 Å². The molecule has 0 aliphatic rings. The zero-order valence-corrected chi connectivity index (χ0v) is 15.7. The van der Waals surface area contributed by atoms with Crippen LogP contribution >= 0.6 is 22.7 Å². The second-order valence-corrected chi connectivity index (χ2v) is 8.86. The third kappa shape index (κ3) is 3.42. The van der Waals surface area contributed by atoms with Crippen molar-refractivity contribution in [1.29, 1.82) is 0 Å². The Balaban J connectivity index is 2.01. The lowest BCUT2D eigenvalue weighted by Gasteiger charge is -2.20. The van der Waals surface area contributed by atoms with Gasteiger partial charge in [0.05, 0.1) is 11.7 Å². The van der Waals surface area contributed by atoms with Crippen LogP contribution in [0.1, 0.15) is 25.6 Å². The zero-order valence-electron chi connectivity index (χ0n) is 14.0. The number of aromatic nitrogens is 2. The van der Waals surface area contributed by atoms with Crippen LogP contribution in [0.25, 0.3) is 20.7 Å². The summed E-state index contributed by atoms with van der Waals surface area (Å²) in [5.74, 6) is -0.200. The molecule has 126 valence electrons. The van der Waals surface area contributed by atoms with E-state index in [1.54, 1.807) is 11.3 Å². The number of hydrogen-bond donors (Lipinski definition) is 1. The molecular formula is C17H19N3O2S2. The quantitative estimate of drug-likeness (QED) is 0.777. The summed E-state index contributed by atoms with van der Waals surface area (Å²) >= 11 is 3.10. The van der Waals surface area contributed by atoms with Crippen LogP contribution in [0.15, 0.2) is 28.6 Å². The lowest BCUT2D eigenvalue weighted by molar-refractivity contribution is -0.123. The Hall–Kier alpha value is -1.99. The molecule has 0 unspecified atom stereocenters. The van der Waals surface area contributed by atoms with Crippen LogP contribution < -0.4 is 10.9 Å². The zero-order chi connectivity index (χ0) is 17.5. The van der Waals surface area contributed by atoms with E-state index in [4.69, 9.17) is 0 Å². The van der Waals surface area contributed by atoms with Crippen LogP contribution in [0.4, 0.5) is 0 Å². The Kier molecular flexibility index (Phi) is 4.31. The highest BCUT2D eigenvalue weighted by molar-refractivity contribution is 7.19. The summed E-state index contributed by atoms with van der Waals surface area (Å²) in [5, 5.41) is 5.42. The number of nitrogens with one attached hydrogen (secondary N) is 1. The van der Waals surface area contributed by atoms with Crippen LogP contribution in [0, 0.1) is 6.92 Å². The number of thiophene rings is 2. The predicted molar refractivity (Wildman–Crippen MR) is 99.8 cm³/mol. The predicted octanol–water partition coefficient (Wildman–Crippen LogP) is 3.41. The number of amides is 1. The molecule has 0 radical (unpaired) electrons. The number of nitrogens with zero attached hydrogens (tertiary/aromatic N) is 2. The molecule has 0 bridgehead atoms. The summed E-state index contributed by atoms with van der Waals surface area (Å²) in [7, 11) is 0. The Morgan fingerprint density at radius 3 is 2.71 bits per heavy atom. The molecule has 3 heterocycles. The minimum absolute atomic E-state index is 0.0300. The van der Waals surface area contributed by atoms with E-state index in [0.717, 1.165) is 10.4 Å². The smallest absolute Gasteiger partial charge is 0.263 e. The molecule has 7 heteroatoms. The van der Waals surface area contributed by atoms with Gasteiger partial charge in [-0.3, -0.25) is 14.2 Å². The third-order valence-corrected chi connectivity index (χ3v) is 5.32. The first-order valence-corrected chi connectivity index (χ1v) is 9.29. The molecule has 3 aromatic rings. The average Bonchev–Trinajstić information content (AvgIpc) is 3.06. The fourth-order valence-electron chi connectivity index (χ4n) is 2.45. The van der Waals surface area contributed by atoms with Crippen molar-refractivity contribution in [3.05, 3.63) is 39.1 Å². The standard InChI is InChI=1S/C17H19N3O2S2/c1-10-5-6-12(24-10)11-8-23-15-14(11)16(22)20(9-18-15)7-13(21)19-17(2,3)4/h5-6,8-9H,7H2,1-4H3,(H,19,21). The lowest BCUT2D eigenvalue weighted by atomic mass is 10.1. The van der Waals surface area contributed by atoms with Crippen molar-refractivity contribution in [3.8, 4) is 10.4 Å². The van der Waals surface area contributed by atoms with E-state index in [-0.39, 0.29) is 23.6 Å². The fraction of sp³-hybridized carbons (Fsp3) is 0.353. The molecule has 24 heavy (non-hydrogen) atoms. The number of hydrogen-bond acceptors (Lipinski definition) is 5. The van der Waals surface area contributed by atoms with Gasteiger partial charge in [-0.15, -0.1) is 22.7 Å². The SMILES string of the molecule is Cc1ccc(-c2csc3ncn(CC(=O)NC(C)(C)C)c(=O)c23)s1. The molecule has 3 aromatic heterocycles. The molecule has 1 N–H and O–H groups in total. The van der Waals surface area contributed by atoms with Crippen molar-refractivity contribution in [2.75, 3.05) is 0 Å². The Morgan fingerprint density at radius 2 is 2.08 bits per heavy atom. The summed E-state index contributed by atoms with van der Waals surface area (Å²) in [6.07, 6.45) is 1.45. The largest absolute Gasteiger partial charge is 0.350 e. The molecule has 1 amide bonds. The van der Waals surface area contributed by atoms with E-state index in [0.29, 0.717) is 10.2 Å². The van der Waals surface area contributed by atoms with E-state index in [2.05, 4.69) is 10.3 Å². The molecule has 3 rings (SSSR count). The van der Waals surface area contributed by atoms with Crippen molar-refractivity contribution in [1.82, 2.24) is 14.9 Å². The van der Waals surface area contributed by atoms with Crippen molar-refractivity contribution < 1.29 is 4.79 Å². The van der Waals surface area contributed by atoms with Gasteiger partial charge in [0.15, 0.2) is 0 Å². The van der Waals surface area contributed by atoms with E-state index in [9.17, 15) is 9.59 Å². The second kappa shape index (κ2) is 6.14. The number of carbonyl (C=O) groups excluding carboxylic acids is 1. The maximum absolute atomic E-state index is 12.8. The van der Waals surface area contributed by atoms with Crippen molar-refractivity contribution in [2.24, 2.45) is 0 Å². The lowest BCUT2D eigenvalue weighted by Crippen LogP contribution is -2.43. The second-order valence-electron chi connectivity index (χ2n) is 6.72. The molecule has 0 saturated heterocycles. The maximum atomic E-state index is 12.8. The topological polar surface area (TPSA) is 64.0 Å². The van der Waals surface area contributed by atoms with E-state index in [1.165, 1.54) is 27.1 Å². The summed E-state index contributed by atoms with van der Waals surface area (Å²) in [4.78, 5) is 32.3. The van der Waals surface area contributed by atoms with Gasteiger partial charge in [-0.2, -0.15) is 0 Å². The number of fused-ring (bicyclic) bond motifs is 1. The normalized spacial score (nSPS) is 11.8. The van der Waals surface area contributed by atoms with Crippen molar-refractivity contribution >= 4 is 38.8 Å². The first-order valence-electron chi connectivity index (χ1n) is 7.59. The maximum Gasteiger partial charge on any atom is 0.263 e. The van der Waals surface area contributed by atoms with Gasteiger partial charge >= 0.3 is 0 Å². The molecule has 0 aromatic carbocycles. The monoisotopic (exact) mass is 361 g/mol. The minimum atomic E-state index is -0.333. The summed E-state index contributed by atoms with van der Waals surface area (Å²) in [6, 6.07) is 4.06. The van der Waals surface area contributed by atoms with Crippen molar-refractivity contribution in [3.63, 3.8) is 0 Å². The molecule has 5 nitrogen and oxygen atoms in total. The molecule has 0 saturated carbocycles. The van der Waals surface area contributed by atoms with Crippen LogP contribution in [-0.4, -0.2) is 21.0 Å². The molecule has 0 aliphatic heterocycles. The number of aryl methyl sites for hydroxylation is 1. The molecule has 0 atom stereocenters.